The summed E-state index contributed by atoms with van der Waals surface area (Å²) in [5.74, 6) is 0.547. The number of aromatic amines is 1. The van der Waals surface area contributed by atoms with Crippen LogP contribution in [0.15, 0.2) is 9.59 Å². The minimum absolute atomic E-state index is 0.0519. The van der Waals surface area contributed by atoms with E-state index in [4.69, 9.17) is 5.26 Å². The first kappa shape index (κ1) is 14.0. The number of anilines is 1. The SMILES string of the molecule is CC(C)CNc1[nH]c(=O)n(C(C)C)c(=O)c1C#N. The molecule has 2 N–H and O–H groups in total. The van der Waals surface area contributed by atoms with Crippen LogP contribution in [0.25, 0.3) is 0 Å². The Morgan fingerprint density at radius 1 is 1.33 bits per heavy atom. The first-order chi connectivity index (χ1) is 8.38. The Hall–Kier alpha value is -2.03. The largest absolute Gasteiger partial charge is 0.370 e. The highest BCUT2D eigenvalue weighted by Gasteiger charge is 2.15. The van der Waals surface area contributed by atoms with E-state index in [2.05, 4.69) is 10.3 Å². The Labute approximate surface area is 105 Å². The zero-order valence-corrected chi connectivity index (χ0v) is 11.1. The van der Waals surface area contributed by atoms with Gasteiger partial charge in [-0.1, -0.05) is 13.8 Å². The number of H-pyrrole nitrogens is 1. The lowest BCUT2D eigenvalue weighted by atomic mass is 10.2. The number of nitrogens with zero attached hydrogens (tertiary/aromatic N) is 2. The minimum Gasteiger partial charge on any atom is -0.370 e. The third kappa shape index (κ3) is 2.80. The lowest BCUT2D eigenvalue weighted by Gasteiger charge is -2.13. The Morgan fingerprint density at radius 3 is 2.39 bits per heavy atom. The van der Waals surface area contributed by atoms with Crippen LogP contribution in [0.4, 0.5) is 5.82 Å². The van der Waals surface area contributed by atoms with E-state index in [-0.39, 0.29) is 17.4 Å². The monoisotopic (exact) mass is 250 g/mol. The molecule has 0 radical (unpaired) electrons. The Bertz CT molecular complexity index is 575. The summed E-state index contributed by atoms with van der Waals surface area (Å²) in [6, 6.07) is 1.56. The summed E-state index contributed by atoms with van der Waals surface area (Å²) in [5, 5.41) is 12.0. The Kier molecular flexibility index (Phi) is 4.32. The van der Waals surface area contributed by atoms with E-state index in [1.165, 1.54) is 0 Å². The van der Waals surface area contributed by atoms with Crippen molar-refractivity contribution in [1.29, 1.82) is 5.26 Å². The molecule has 6 heteroatoms. The number of nitriles is 1. The first-order valence-corrected chi connectivity index (χ1v) is 5.91. The van der Waals surface area contributed by atoms with Crippen molar-refractivity contribution in [3.8, 4) is 6.07 Å². The van der Waals surface area contributed by atoms with Gasteiger partial charge in [-0.3, -0.25) is 14.3 Å². The molecule has 0 aromatic carbocycles. The van der Waals surface area contributed by atoms with Crippen LogP contribution in [0.2, 0.25) is 0 Å². The highest BCUT2D eigenvalue weighted by Crippen LogP contribution is 2.06. The van der Waals surface area contributed by atoms with E-state index < -0.39 is 11.2 Å². The van der Waals surface area contributed by atoms with E-state index in [0.29, 0.717) is 12.5 Å². The standard InChI is InChI=1S/C12H18N4O2/c1-7(2)6-14-10-9(5-13)11(17)16(8(3)4)12(18)15-10/h7-8,14H,6H2,1-4H3,(H,15,18). The zero-order chi connectivity index (χ0) is 13.9. The van der Waals surface area contributed by atoms with Crippen molar-refractivity contribution in [1.82, 2.24) is 9.55 Å². The molecule has 6 nitrogen and oxygen atoms in total. The Balaban J connectivity index is 3.36. The van der Waals surface area contributed by atoms with Gasteiger partial charge < -0.3 is 5.32 Å². The summed E-state index contributed by atoms with van der Waals surface area (Å²) in [6.07, 6.45) is 0. The average molecular weight is 250 g/mol. The first-order valence-electron chi connectivity index (χ1n) is 5.91. The van der Waals surface area contributed by atoms with Crippen molar-refractivity contribution in [2.45, 2.75) is 33.7 Å². The molecule has 0 spiro atoms. The predicted molar refractivity (Wildman–Crippen MR) is 69.8 cm³/mol. The second-order valence-corrected chi connectivity index (χ2v) is 4.84. The molecule has 0 aliphatic rings. The van der Waals surface area contributed by atoms with Gasteiger partial charge in [0.25, 0.3) is 5.56 Å². The van der Waals surface area contributed by atoms with Gasteiger partial charge in [0.15, 0.2) is 5.56 Å². The van der Waals surface area contributed by atoms with Crippen LogP contribution >= 0.6 is 0 Å². The predicted octanol–water partition coefficient (Wildman–Crippen LogP) is 1.06. The molecule has 1 heterocycles. The molecule has 0 unspecified atom stereocenters. The molecule has 98 valence electrons. The molecule has 0 saturated carbocycles. The summed E-state index contributed by atoms with van der Waals surface area (Å²) >= 11 is 0. The van der Waals surface area contributed by atoms with Crippen molar-refractivity contribution in [3.05, 3.63) is 26.4 Å². The fourth-order valence-electron chi connectivity index (χ4n) is 1.56. The van der Waals surface area contributed by atoms with Gasteiger partial charge in [-0.05, 0) is 19.8 Å². The van der Waals surface area contributed by atoms with Crippen LogP contribution in [0.3, 0.4) is 0 Å². The molecular formula is C12H18N4O2. The van der Waals surface area contributed by atoms with Crippen molar-refractivity contribution in [3.63, 3.8) is 0 Å². The highest BCUT2D eigenvalue weighted by molar-refractivity contribution is 5.50. The summed E-state index contributed by atoms with van der Waals surface area (Å²) < 4.78 is 1.04. The second-order valence-electron chi connectivity index (χ2n) is 4.84. The molecule has 0 atom stereocenters. The third-order valence-corrected chi connectivity index (χ3v) is 2.45. The van der Waals surface area contributed by atoms with Gasteiger partial charge in [0.05, 0.1) is 0 Å². The molecule has 0 bridgehead atoms. The third-order valence-electron chi connectivity index (χ3n) is 2.45. The lowest BCUT2D eigenvalue weighted by molar-refractivity contribution is 0.544. The van der Waals surface area contributed by atoms with Gasteiger partial charge in [-0.25, -0.2) is 4.79 Å². The van der Waals surface area contributed by atoms with Crippen molar-refractivity contribution in [2.24, 2.45) is 5.92 Å². The van der Waals surface area contributed by atoms with Crippen LogP contribution in [0.1, 0.15) is 39.3 Å². The summed E-state index contributed by atoms with van der Waals surface area (Å²) in [6.45, 7) is 8.01. The van der Waals surface area contributed by atoms with E-state index in [1.54, 1.807) is 13.8 Å². The molecule has 18 heavy (non-hydrogen) atoms. The van der Waals surface area contributed by atoms with E-state index in [0.717, 1.165) is 4.57 Å². The minimum atomic E-state index is -0.553. The number of nitrogens with one attached hydrogen (secondary N) is 2. The number of hydrogen-bond donors (Lipinski definition) is 2. The van der Waals surface area contributed by atoms with Crippen molar-refractivity contribution < 1.29 is 0 Å². The number of hydrogen-bond acceptors (Lipinski definition) is 4. The smallest absolute Gasteiger partial charge is 0.330 e. The molecule has 1 aromatic rings. The Morgan fingerprint density at radius 2 is 1.94 bits per heavy atom. The summed E-state index contributed by atoms with van der Waals surface area (Å²) in [4.78, 5) is 26.3. The topological polar surface area (TPSA) is 90.7 Å². The van der Waals surface area contributed by atoms with E-state index >= 15 is 0 Å². The molecule has 0 amide bonds. The molecule has 1 rings (SSSR count). The fraction of sp³-hybridized carbons (Fsp3) is 0.583. The van der Waals surface area contributed by atoms with E-state index in [9.17, 15) is 9.59 Å². The van der Waals surface area contributed by atoms with Gasteiger partial charge in [-0.2, -0.15) is 5.26 Å². The van der Waals surface area contributed by atoms with Crippen molar-refractivity contribution in [2.75, 3.05) is 11.9 Å². The van der Waals surface area contributed by atoms with E-state index in [1.807, 2.05) is 19.9 Å². The van der Waals surface area contributed by atoms with Crippen LogP contribution in [0, 0.1) is 17.2 Å². The summed E-state index contributed by atoms with van der Waals surface area (Å²) in [7, 11) is 0. The molecule has 0 saturated heterocycles. The van der Waals surface area contributed by atoms with Crippen LogP contribution in [-0.2, 0) is 0 Å². The molecule has 0 aliphatic carbocycles. The normalized spacial score (nSPS) is 10.7. The highest BCUT2D eigenvalue weighted by atomic mass is 16.2. The summed E-state index contributed by atoms with van der Waals surface area (Å²) in [5.41, 5.74) is -1.10. The van der Waals surface area contributed by atoms with Crippen LogP contribution in [0.5, 0.6) is 0 Å². The molecular weight excluding hydrogens is 232 g/mol. The molecule has 0 aliphatic heterocycles. The maximum Gasteiger partial charge on any atom is 0.330 e. The van der Waals surface area contributed by atoms with Gasteiger partial charge in [0.2, 0.25) is 0 Å². The van der Waals surface area contributed by atoms with Gasteiger partial charge in [0, 0.05) is 12.6 Å². The average Bonchev–Trinajstić information content (AvgIpc) is 2.25. The number of rotatable bonds is 4. The van der Waals surface area contributed by atoms with Gasteiger partial charge >= 0.3 is 5.69 Å². The lowest BCUT2D eigenvalue weighted by Crippen LogP contribution is -2.38. The quantitative estimate of drug-likeness (QED) is 0.835. The zero-order valence-electron chi connectivity index (χ0n) is 11.1. The molecule has 1 aromatic heterocycles. The van der Waals surface area contributed by atoms with Crippen molar-refractivity contribution >= 4 is 5.82 Å². The van der Waals surface area contributed by atoms with Gasteiger partial charge in [0.1, 0.15) is 11.9 Å². The van der Waals surface area contributed by atoms with Crippen LogP contribution < -0.4 is 16.6 Å². The maximum absolute atomic E-state index is 12.0. The second kappa shape index (κ2) is 5.54. The number of aromatic nitrogens is 2. The maximum atomic E-state index is 12.0. The molecule has 0 fully saturated rings. The van der Waals surface area contributed by atoms with Gasteiger partial charge in [-0.15, -0.1) is 0 Å². The van der Waals surface area contributed by atoms with Crippen LogP contribution in [-0.4, -0.2) is 16.1 Å². The fourth-order valence-corrected chi connectivity index (χ4v) is 1.56.